The minimum atomic E-state index is 0.473. The first-order valence-corrected chi connectivity index (χ1v) is 9.41. The van der Waals surface area contributed by atoms with Crippen molar-refractivity contribution in [2.75, 3.05) is 32.1 Å². The number of benzene rings is 2. The minimum absolute atomic E-state index is 0.473. The second-order valence-electron chi connectivity index (χ2n) is 7.01. The van der Waals surface area contributed by atoms with Gasteiger partial charge in [-0.1, -0.05) is 6.08 Å². The van der Waals surface area contributed by atoms with Crippen LogP contribution in [0, 0.1) is 11.3 Å². The van der Waals surface area contributed by atoms with Crippen LogP contribution in [0.3, 0.4) is 0 Å². The molecule has 0 spiro atoms. The van der Waals surface area contributed by atoms with Gasteiger partial charge in [0.05, 0.1) is 18.7 Å². The molecule has 0 aromatic heterocycles. The predicted molar refractivity (Wildman–Crippen MR) is 109 cm³/mol. The molecule has 2 aliphatic heterocycles. The van der Waals surface area contributed by atoms with E-state index >= 15 is 0 Å². The van der Waals surface area contributed by atoms with Gasteiger partial charge in [0.2, 0.25) is 0 Å². The molecule has 0 aliphatic carbocycles. The molecule has 3 N–H and O–H groups in total. The Morgan fingerprint density at radius 3 is 2.70 bits per heavy atom. The van der Waals surface area contributed by atoms with Crippen LogP contribution >= 0.6 is 0 Å². The van der Waals surface area contributed by atoms with Crippen LogP contribution in [0.5, 0.6) is 5.75 Å². The van der Waals surface area contributed by atoms with Crippen LogP contribution in [0.15, 0.2) is 30.3 Å². The van der Waals surface area contributed by atoms with Crippen molar-refractivity contribution in [1.29, 1.82) is 5.26 Å². The zero-order chi connectivity index (χ0) is 18.6. The Balaban J connectivity index is 1.81. The first kappa shape index (κ1) is 17.4. The van der Waals surface area contributed by atoms with Crippen LogP contribution in [-0.2, 0) is 0 Å². The second-order valence-corrected chi connectivity index (χ2v) is 7.01. The van der Waals surface area contributed by atoms with Crippen LogP contribution in [-0.4, -0.2) is 32.8 Å². The summed E-state index contributed by atoms with van der Waals surface area (Å²) in [4.78, 5) is 0. The molecule has 0 bridgehead atoms. The van der Waals surface area contributed by atoms with Crippen LogP contribution in [0.4, 0.5) is 5.69 Å². The summed E-state index contributed by atoms with van der Waals surface area (Å²) in [5, 5.41) is 22.2. The third-order valence-corrected chi connectivity index (χ3v) is 5.20. The van der Waals surface area contributed by atoms with Gasteiger partial charge >= 0.3 is 0 Å². The zero-order valence-corrected chi connectivity index (χ0v) is 15.5. The number of methoxy groups -OCH3 is 1. The molecule has 138 valence electrons. The fourth-order valence-electron chi connectivity index (χ4n) is 3.76. The smallest absolute Gasteiger partial charge is 0.120 e. The molecule has 5 nitrogen and oxygen atoms in total. The summed E-state index contributed by atoms with van der Waals surface area (Å²) in [6.07, 6.45) is 6.54. The maximum absolute atomic E-state index is 9.35. The van der Waals surface area contributed by atoms with Crippen LogP contribution < -0.4 is 31.1 Å². The van der Waals surface area contributed by atoms with Gasteiger partial charge in [0.25, 0.3) is 0 Å². The summed E-state index contributed by atoms with van der Waals surface area (Å²) in [5.74, 6) is 0.701. The molecule has 2 heterocycles. The summed E-state index contributed by atoms with van der Waals surface area (Å²) < 4.78 is 5.39. The van der Waals surface area contributed by atoms with Crippen LogP contribution in [0.25, 0.3) is 23.4 Å². The Bertz CT molecular complexity index is 1000. The Morgan fingerprint density at radius 2 is 1.93 bits per heavy atom. The normalized spacial score (nSPS) is 16.1. The number of ether oxygens (including phenoxy) is 1. The van der Waals surface area contributed by atoms with Crippen molar-refractivity contribution in [3.63, 3.8) is 0 Å². The van der Waals surface area contributed by atoms with Gasteiger partial charge < -0.3 is 20.7 Å². The molecule has 4 rings (SSSR count). The fraction of sp³-hybridized carbons (Fsp3) is 0.318. The first-order chi connectivity index (χ1) is 13.3. The number of nitriles is 1. The lowest BCUT2D eigenvalue weighted by atomic mass is 9.98. The number of nitrogens with zero attached hydrogens (tertiary/aromatic N) is 1. The van der Waals surface area contributed by atoms with Gasteiger partial charge in [-0.3, -0.25) is 0 Å². The van der Waals surface area contributed by atoms with Crippen molar-refractivity contribution in [2.45, 2.75) is 18.9 Å². The molecule has 27 heavy (non-hydrogen) atoms. The largest absolute Gasteiger partial charge is 0.497 e. The number of nitrogens with one attached hydrogen (secondary N) is 3. The average molecular weight is 360 g/mol. The number of anilines is 1. The van der Waals surface area contributed by atoms with Crippen molar-refractivity contribution in [3.05, 3.63) is 46.3 Å². The lowest BCUT2D eigenvalue weighted by Gasteiger charge is -2.25. The molecule has 1 fully saturated rings. The summed E-state index contributed by atoms with van der Waals surface area (Å²) in [6, 6.07) is 12.8. The van der Waals surface area contributed by atoms with E-state index in [1.165, 1.54) is 10.4 Å². The van der Waals surface area contributed by atoms with E-state index in [2.05, 4.69) is 46.4 Å². The molecule has 2 aromatic rings. The van der Waals surface area contributed by atoms with Gasteiger partial charge in [-0.25, -0.2) is 0 Å². The van der Waals surface area contributed by atoms with Gasteiger partial charge in [-0.2, -0.15) is 5.26 Å². The zero-order valence-electron chi connectivity index (χ0n) is 15.5. The molecular weight excluding hydrogens is 336 g/mol. The first-order valence-electron chi connectivity index (χ1n) is 9.41. The number of fused-ring (bicyclic) bond motifs is 1. The molecule has 0 amide bonds. The average Bonchev–Trinajstić information content (AvgIpc) is 2.74. The maximum atomic E-state index is 9.35. The summed E-state index contributed by atoms with van der Waals surface area (Å²) in [5.41, 5.74) is 3.83. The summed E-state index contributed by atoms with van der Waals surface area (Å²) in [6.45, 7) is 2.93. The third-order valence-electron chi connectivity index (χ3n) is 5.20. The molecular formula is C22H24N4O. The third kappa shape index (κ3) is 3.76. The summed E-state index contributed by atoms with van der Waals surface area (Å²) >= 11 is 0. The van der Waals surface area contributed by atoms with E-state index in [-0.39, 0.29) is 0 Å². The van der Waals surface area contributed by atoms with Crippen LogP contribution in [0.1, 0.15) is 18.4 Å². The predicted octanol–water partition coefficient (Wildman–Crippen LogP) is 1.52. The van der Waals surface area contributed by atoms with Gasteiger partial charge in [-0.15, -0.1) is 0 Å². The highest BCUT2D eigenvalue weighted by molar-refractivity contribution is 5.72. The van der Waals surface area contributed by atoms with Gasteiger partial charge in [0.15, 0.2) is 0 Å². The second kappa shape index (κ2) is 7.73. The van der Waals surface area contributed by atoms with Crippen molar-refractivity contribution >= 4 is 18.0 Å². The molecule has 0 unspecified atom stereocenters. The Hall–Kier alpha value is -2.97. The standard InChI is InChI=1S/C22H24N4O/c1-27-20-9-15(13-23)8-17(11-20)18-10-16-2-5-25-14-21(16)22(12-18)26-19-3-6-24-7-4-19/h2,8-12,14,19,24-26H,3-7H2,1H3. The minimum Gasteiger partial charge on any atom is -0.497 e. The quantitative estimate of drug-likeness (QED) is 0.771. The van der Waals surface area contributed by atoms with E-state index in [1.807, 2.05) is 12.1 Å². The lowest BCUT2D eigenvalue weighted by molar-refractivity contribution is 0.415. The van der Waals surface area contributed by atoms with Crippen molar-refractivity contribution in [1.82, 2.24) is 10.6 Å². The number of piperidine rings is 1. The molecule has 2 aliphatic rings. The number of rotatable bonds is 4. The fourth-order valence-corrected chi connectivity index (χ4v) is 3.76. The Labute approximate surface area is 159 Å². The SMILES string of the molecule is COc1cc(C#N)cc(-c2cc(NC3CCNCC3)c3c(c2)=CCNC=3)c1. The van der Waals surface area contributed by atoms with E-state index in [9.17, 15) is 5.26 Å². The molecule has 5 heteroatoms. The van der Waals surface area contributed by atoms with Crippen molar-refractivity contribution in [2.24, 2.45) is 0 Å². The van der Waals surface area contributed by atoms with E-state index < -0.39 is 0 Å². The highest BCUT2D eigenvalue weighted by Gasteiger charge is 2.15. The topological polar surface area (TPSA) is 69.1 Å². The highest BCUT2D eigenvalue weighted by atomic mass is 16.5. The molecule has 2 aromatic carbocycles. The molecule has 0 saturated carbocycles. The Kier molecular flexibility index (Phi) is 4.99. The lowest BCUT2D eigenvalue weighted by Crippen LogP contribution is -2.40. The molecule has 1 saturated heterocycles. The monoisotopic (exact) mass is 360 g/mol. The van der Waals surface area contributed by atoms with E-state index in [4.69, 9.17) is 4.74 Å². The maximum Gasteiger partial charge on any atom is 0.120 e. The Morgan fingerprint density at radius 1 is 1.11 bits per heavy atom. The van der Waals surface area contributed by atoms with Crippen molar-refractivity contribution in [3.8, 4) is 22.9 Å². The molecule has 0 radical (unpaired) electrons. The molecule has 0 atom stereocenters. The van der Waals surface area contributed by atoms with Crippen molar-refractivity contribution < 1.29 is 4.74 Å². The van der Waals surface area contributed by atoms with E-state index in [0.717, 1.165) is 49.3 Å². The van der Waals surface area contributed by atoms with E-state index in [1.54, 1.807) is 13.2 Å². The number of hydrogen-bond donors (Lipinski definition) is 3. The van der Waals surface area contributed by atoms with E-state index in [0.29, 0.717) is 17.4 Å². The van der Waals surface area contributed by atoms with Gasteiger partial charge in [0, 0.05) is 29.7 Å². The van der Waals surface area contributed by atoms with Gasteiger partial charge in [-0.05, 0) is 72.6 Å². The summed E-state index contributed by atoms with van der Waals surface area (Å²) in [7, 11) is 1.63. The number of hydrogen-bond acceptors (Lipinski definition) is 5. The highest BCUT2D eigenvalue weighted by Crippen LogP contribution is 2.26. The van der Waals surface area contributed by atoms with Gasteiger partial charge in [0.1, 0.15) is 5.75 Å². The van der Waals surface area contributed by atoms with Crippen LogP contribution in [0.2, 0.25) is 0 Å².